The molecule has 2 aromatic rings. The summed E-state index contributed by atoms with van der Waals surface area (Å²) in [7, 11) is 0. The smallest absolute Gasteiger partial charge is 0.252 e. The predicted octanol–water partition coefficient (Wildman–Crippen LogP) is 0.881. The Hall–Kier alpha value is -1.69. The van der Waals surface area contributed by atoms with Gasteiger partial charge >= 0.3 is 0 Å². The fourth-order valence-corrected chi connectivity index (χ4v) is 1.76. The summed E-state index contributed by atoms with van der Waals surface area (Å²) in [6.45, 7) is 0.726. The normalized spacial score (nSPS) is 10.1. The van der Waals surface area contributed by atoms with Crippen LogP contribution in [0.4, 0.5) is 5.82 Å². The van der Waals surface area contributed by atoms with Crippen molar-refractivity contribution < 1.29 is 0 Å². The van der Waals surface area contributed by atoms with Gasteiger partial charge in [-0.05, 0) is 0 Å². The Balaban J connectivity index is 1.86. The van der Waals surface area contributed by atoms with Gasteiger partial charge in [0.25, 0.3) is 5.56 Å². The molecule has 5 nitrogen and oxygen atoms in total. The molecule has 2 heterocycles. The molecule has 0 saturated heterocycles. The molecule has 0 aliphatic rings. The van der Waals surface area contributed by atoms with Gasteiger partial charge in [0, 0.05) is 30.6 Å². The van der Waals surface area contributed by atoms with Crippen LogP contribution in [0.3, 0.4) is 0 Å². The van der Waals surface area contributed by atoms with Crippen molar-refractivity contribution in [1.82, 2.24) is 15.0 Å². The molecule has 0 amide bonds. The Labute approximate surface area is 90.2 Å². The van der Waals surface area contributed by atoms with Crippen molar-refractivity contribution in [2.75, 3.05) is 11.9 Å². The zero-order valence-electron chi connectivity index (χ0n) is 7.93. The van der Waals surface area contributed by atoms with Crippen LogP contribution >= 0.6 is 11.3 Å². The lowest BCUT2D eigenvalue weighted by atomic mass is 10.4. The van der Waals surface area contributed by atoms with E-state index in [2.05, 4.69) is 20.3 Å². The second-order valence-corrected chi connectivity index (χ2v) is 3.88. The van der Waals surface area contributed by atoms with Crippen LogP contribution < -0.4 is 10.9 Å². The Morgan fingerprint density at radius 1 is 1.47 bits per heavy atom. The van der Waals surface area contributed by atoms with Crippen molar-refractivity contribution >= 4 is 17.2 Å². The molecule has 0 aromatic carbocycles. The summed E-state index contributed by atoms with van der Waals surface area (Å²) in [5.74, 6) is 0.593. The number of nitrogens with one attached hydrogen (secondary N) is 2. The van der Waals surface area contributed by atoms with E-state index in [1.807, 2.05) is 5.38 Å². The first kappa shape index (κ1) is 9.85. The number of anilines is 1. The van der Waals surface area contributed by atoms with Crippen LogP contribution in [0.25, 0.3) is 0 Å². The number of aromatic nitrogens is 3. The molecule has 0 bridgehead atoms. The molecule has 2 aromatic heterocycles. The first-order valence-electron chi connectivity index (χ1n) is 4.51. The average Bonchev–Trinajstić information content (AvgIpc) is 2.71. The van der Waals surface area contributed by atoms with Crippen molar-refractivity contribution in [3.05, 3.63) is 39.3 Å². The summed E-state index contributed by atoms with van der Waals surface area (Å²) in [5.41, 5.74) is -0.151. The number of hydrogen-bond acceptors (Lipinski definition) is 5. The van der Waals surface area contributed by atoms with E-state index in [4.69, 9.17) is 0 Å². The highest BCUT2D eigenvalue weighted by atomic mass is 32.1. The summed E-state index contributed by atoms with van der Waals surface area (Å²) < 4.78 is 0. The molecule has 0 radical (unpaired) electrons. The van der Waals surface area contributed by atoms with Crippen LogP contribution in [-0.2, 0) is 6.42 Å². The van der Waals surface area contributed by atoms with Gasteiger partial charge in [0.05, 0.1) is 11.3 Å². The van der Waals surface area contributed by atoms with E-state index < -0.39 is 0 Å². The van der Waals surface area contributed by atoms with Gasteiger partial charge in [-0.15, -0.1) is 11.3 Å². The summed E-state index contributed by atoms with van der Waals surface area (Å²) in [6.07, 6.45) is 4.01. The Morgan fingerprint density at radius 3 is 3.13 bits per heavy atom. The maximum atomic E-state index is 10.9. The van der Waals surface area contributed by atoms with Gasteiger partial charge in [0.15, 0.2) is 0 Å². The van der Waals surface area contributed by atoms with Crippen molar-refractivity contribution in [1.29, 1.82) is 0 Å². The number of rotatable bonds is 4. The largest absolute Gasteiger partial charge is 0.369 e. The van der Waals surface area contributed by atoms with Gasteiger partial charge in [0.2, 0.25) is 0 Å². The second-order valence-electron chi connectivity index (χ2n) is 2.90. The lowest BCUT2D eigenvalue weighted by molar-refractivity contribution is 0.978. The maximum Gasteiger partial charge on any atom is 0.252 e. The fraction of sp³-hybridized carbons (Fsp3) is 0.222. The van der Waals surface area contributed by atoms with Crippen molar-refractivity contribution in [3.63, 3.8) is 0 Å². The standard InChI is InChI=1S/C9H10N4OS/c14-8-5-7(12-6-13-8)10-2-1-9-11-3-4-15-9/h3-6H,1-2H2,(H2,10,12,13,14). The SMILES string of the molecule is O=c1cc(NCCc2nccs2)nc[nH]1. The van der Waals surface area contributed by atoms with E-state index in [0.29, 0.717) is 5.82 Å². The molecular weight excluding hydrogens is 212 g/mol. The van der Waals surface area contributed by atoms with E-state index in [9.17, 15) is 4.79 Å². The zero-order valence-corrected chi connectivity index (χ0v) is 8.75. The highest BCUT2D eigenvalue weighted by Gasteiger charge is 1.96. The quantitative estimate of drug-likeness (QED) is 0.805. The topological polar surface area (TPSA) is 70.7 Å². The minimum absolute atomic E-state index is 0.151. The molecule has 2 N–H and O–H groups in total. The van der Waals surface area contributed by atoms with Gasteiger partial charge in [-0.1, -0.05) is 0 Å². The monoisotopic (exact) mass is 222 g/mol. The summed E-state index contributed by atoms with van der Waals surface area (Å²) in [5, 5.41) is 6.08. The maximum absolute atomic E-state index is 10.9. The van der Waals surface area contributed by atoms with Gasteiger partial charge in [-0.2, -0.15) is 0 Å². The van der Waals surface area contributed by atoms with Gasteiger partial charge < -0.3 is 10.3 Å². The van der Waals surface area contributed by atoms with Crippen LogP contribution in [-0.4, -0.2) is 21.5 Å². The molecule has 0 aliphatic heterocycles. The highest BCUT2D eigenvalue weighted by molar-refractivity contribution is 7.09. The Kier molecular flexibility index (Phi) is 3.08. The molecule has 0 spiro atoms. The van der Waals surface area contributed by atoms with Crippen LogP contribution in [0, 0.1) is 0 Å². The van der Waals surface area contributed by atoms with E-state index in [1.54, 1.807) is 17.5 Å². The van der Waals surface area contributed by atoms with Crippen LogP contribution in [0.5, 0.6) is 0 Å². The molecular formula is C9H10N4OS. The number of nitrogens with zero attached hydrogens (tertiary/aromatic N) is 2. The molecule has 15 heavy (non-hydrogen) atoms. The van der Waals surface area contributed by atoms with Crippen molar-refractivity contribution in [3.8, 4) is 0 Å². The summed E-state index contributed by atoms with van der Waals surface area (Å²) in [4.78, 5) is 21.5. The number of hydrogen-bond donors (Lipinski definition) is 2. The fourth-order valence-electron chi connectivity index (χ4n) is 1.14. The molecule has 0 aliphatic carbocycles. The van der Waals surface area contributed by atoms with E-state index in [0.717, 1.165) is 18.0 Å². The third-order valence-corrected chi connectivity index (χ3v) is 2.65. The third kappa shape index (κ3) is 2.88. The Bertz CT molecular complexity index is 465. The summed E-state index contributed by atoms with van der Waals surface area (Å²) >= 11 is 1.62. The highest BCUT2D eigenvalue weighted by Crippen LogP contribution is 2.04. The molecule has 0 fully saturated rings. The van der Waals surface area contributed by atoms with Gasteiger partial charge in [-0.3, -0.25) is 4.79 Å². The van der Waals surface area contributed by atoms with Gasteiger partial charge in [0.1, 0.15) is 5.82 Å². The average molecular weight is 222 g/mol. The minimum atomic E-state index is -0.151. The Morgan fingerprint density at radius 2 is 2.40 bits per heavy atom. The minimum Gasteiger partial charge on any atom is -0.369 e. The van der Waals surface area contributed by atoms with E-state index in [1.165, 1.54) is 12.4 Å². The number of H-pyrrole nitrogens is 1. The van der Waals surface area contributed by atoms with E-state index >= 15 is 0 Å². The number of thiazole rings is 1. The first-order chi connectivity index (χ1) is 7.34. The van der Waals surface area contributed by atoms with Gasteiger partial charge in [-0.25, -0.2) is 9.97 Å². The second kappa shape index (κ2) is 4.70. The van der Waals surface area contributed by atoms with E-state index in [-0.39, 0.29) is 5.56 Å². The lowest BCUT2D eigenvalue weighted by Gasteiger charge is -2.02. The summed E-state index contributed by atoms with van der Waals surface area (Å²) in [6, 6.07) is 1.43. The predicted molar refractivity (Wildman–Crippen MR) is 59.2 cm³/mol. The molecule has 78 valence electrons. The molecule has 0 atom stereocenters. The molecule has 2 rings (SSSR count). The molecule has 0 unspecified atom stereocenters. The molecule has 0 saturated carbocycles. The van der Waals surface area contributed by atoms with Crippen LogP contribution in [0.2, 0.25) is 0 Å². The van der Waals surface area contributed by atoms with Crippen LogP contribution in [0.15, 0.2) is 28.8 Å². The van der Waals surface area contributed by atoms with Crippen molar-refractivity contribution in [2.24, 2.45) is 0 Å². The van der Waals surface area contributed by atoms with Crippen LogP contribution in [0.1, 0.15) is 5.01 Å². The lowest BCUT2D eigenvalue weighted by Crippen LogP contribution is -2.11. The third-order valence-electron chi connectivity index (χ3n) is 1.81. The first-order valence-corrected chi connectivity index (χ1v) is 5.39. The zero-order chi connectivity index (χ0) is 10.5. The number of aromatic amines is 1. The molecule has 6 heteroatoms. The van der Waals surface area contributed by atoms with Crippen molar-refractivity contribution in [2.45, 2.75) is 6.42 Å².